The summed E-state index contributed by atoms with van der Waals surface area (Å²) in [6, 6.07) is 3.96. The molecule has 13 heavy (non-hydrogen) atoms. The van der Waals surface area contributed by atoms with Gasteiger partial charge in [-0.15, -0.1) is 0 Å². The van der Waals surface area contributed by atoms with Gasteiger partial charge < -0.3 is 0 Å². The van der Waals surface area contributed by atoms with E-state index >= 15 is 0 Å². The quantitative estimate of drug-likeness (QED) is 0.518. The molecule has 0 aliphatic rings. The molecular formula is C11H13NO. The number of hydrogen-bond donors (Lipinski definition) is 0. The molecule has 0 atom stereocenters. The van der Waals surface area contributed by atoms with Crippen LogP contribution in [0, 0.1) is 0 Å². The molecule has 0 aliphatic carbocycles. The smallest absolute Gasteiger partial charge is 0.145 e. The highest BCUT2D eigenvalue weighted by molar-refractivity contribution is 5.71. The van der Waals surface area contributed by atoms with Crippen LogP contribution in [0.25, 0.3) is 0 Å². The molecule has 0 aromatic carbocycles. The van der Waals surface area contributed by atoms with Crippen molar-refractivity contribution in [3.63, 3.8) is 0 Å². The molecule has 0 saturated heterocycles. The van der Waals surface area contributed by atoms with Crippen LogP contribution >= 0.6 is 0 Å². The van der Waals surface area contributed by atoms with Gasteiger partial charge in [-0.1, -0.05) is 12.1 Å². The summed E-state index contributed by atoms with van der Waals surface area (Å²) in [6.45, 7) is 1.82. The molecule has 0 unspecified atom stereocenters. The second kappa shape index (κ2) is 5.25. The van der Waals surface area contributed by atoms with Crippen molar-refractivity contribution < 1.29 is 4.79 Å². The number of pyridine rings is 1. The van der Waals surface area contributed by atoms with Gasteiger partial charge in [-0.05, 0) is 37.0 Å². The minimum Gasteiger partial charge on any atom is -0.298 e. The molecule has 0 aliphatic heterocycles. The molecule has 68 valence electrons. The van der Waals surface area contributed by atoms with E-state index < -0.39 is 0 Å². The fourth-order valence-corrected chi connectivity index (χ4v) is 1.06. The summed E-state index contributed by atoms with van der Waals surface area (Å²) in [7, 11) is 0. The SMILES string of the molecule is C/C(C=O)=C\CCc1cccnc1. The van der Waals surface area contributed by atoms with Gasteiger partial charge in [-0.25, -0.2) is 0 Å². The van der Waals surface area contributed by atoms with Crippen LogP contribution in [0.4, 0.5) is 0 Å². The van der Waals surface area contributed by atoms with Gasteiger partial charge in [0, 0.05) is 12.4 Å². The molecule has 2 heteroatoms. The number of aldehydes is 1. The van der Waals surface area contributed by atoms with E-state index in [0.717, 1.165) is 24.7 Å². The van der Waals surface area contributed by atoms with Gasteiger partial charge in [0.2, 0.25) is 0 Å². The number of carbonyl (C=O) groups is 1. The highest BCUT2D eigenvalue weighted by Crippen LogP contribution is 2.02. The second-order valence-corrected chi connectivity index (χ2v) is 2.97. The zero-order valence-corrected chi connectivity index (χ0v) is 7.73. The highest BCUT2D eigenvalue weighted by atomic mass is 16.1. The van der Waals surface area contributed by atoms with E-state index in [-0.39, 0.29) is 0 Å². The third kappa shape index (κ3) is 3.65. The summed E-state index contributed by atoms with van der Waals surface area (Å²) in [6.07, 6.45) is 8.28. The molecule has 0 N–H and O–H groups in total. The van der Waals surface area contributed by atoms with Gasteiger partial charge >= 0.3 is 0 Å². The number of carbonyl (C=O) groups excluding carboxylic acids is 1. The Labute approximate surface area is 78.3 Å². The number of aromatic nitrogens is 1. The molecule has 0 spiro atoms. The molecular weight excluding hydrogens is 162 g/mol. The molecule has 0 fully saturated rings. The number of aryl methyl sites for hydroxylation is 1. The van der Waals surface area contributed by atoms with E-state index in [1.54, 1.807) is 6.20 Å². The number of allylic oxidation sites excluding steroid dienone is 2. The van der Waals surface area contributed by atoms with Crippen LogP contribution < -0.4 is 0 Å². The summed E-state index contributed by atoms with van der Waals surface area (Å²) in [5.74, 6) is 0. The molecule has 0 bridgehead atoms. The number of nitrogens with zero attached hydrogens (tertiary/aromatic N) is 1. The lowest BCUT2D eigenvalue weighted by Crippen LogP contribution is -1.85. The van der Waals surface area contributed by atoms with Crippen molar-refractivity contribution in [3.8, 4) is 0 Å². The lowest BCUT2D eigenvalue weighted by molar-refractivity contribution is -0.104. The Bertz CT molecular complexity index is 290. The normalized spacial score (nSPS) is 11.3. The van der Waals surface area contributed by atoms with Crippen LogP contribution in [-0.2, 0) is 11.2 Å². The van der Waals surface area contributed by atoms with Gasteiger partial charge in [-0.3, -0.25) is 9.78 Å². The zero-order chi connectivity index (χ0) is 9.52. The molecule has 1 aromatic heterocycles. The van der Waals surface area contributed by atoms with Crippen LogP contribution in [-0.4, -0.2) is 11.3 Å². The Hall–Kier alpha value is -1.44. The van der Waals surface area contributed by atoms with E-state index in [2.05, 4.69) is 4.98 Å². The summed E-state index contributed by atoms with van der Waals surface area (Å²) >= 11 is 0. The summed E-state index contributed by atoms with van der Waals surface area (Å²) in [5, 5.41) is 0. The first-order valence-electron chi connectivity index (χ1n) is 4.34. The highest BCUT2D eigenvalue weighted by Gasteiger charge is 1.90. The average Bonchev–Trinajstić information content (AvgIpc) is 2.19. The average molecular weight is 175 g/mol. The van der Waals surface area contributed by atoms with E-state index in [1.807, 2.05) is 31.3 Å². The van der Waals surface area contributed by atoms with Crippen LogP contribution in [0.15, 0.2) is 36.2 Å². The van der Waals surface area contributed by atoms with Gasteiger partial charge in [0.25, 0.3) is 0 Å². The molecule has 0 amide bonds. The minimum absolute atomic E-state index is 0.795. The fraction of sp³-hybridized carbons (Fsp3) is 0.273. The summed E-state index contributed by atoms with van der Waals surface area (Å²) in [5.41, 5.74) is 2.00. The largest absolute Gasteiger partial charge is 0.298 e. The Balaban J connectivity index is 2.40. The summed E-state index contributed by atoms with van der Waals surface area (Å²) in [4.78, 5) is 14.3. The zero-order valence-electron chi connectivity index (χ0n) is 7.73. The van der Waals surface area contributed by atoms with Crippen LogP contribution in [0.2, 0.25) is 0 Å². The molecule has 1 aromatic rings. The van der Waals surface area contributed by atoms with Crippen molar-refractivity contribution in [1.29, 1.82) is 0 Å². The van der Waals surface area contributed by atoms with Crippen molar-refractivity contribution in [1.82, 2.24) is 4.98 Å². The third-order valence-electron chi connectivity index (χ3n) is 1.81. The van der Waals surface area contributed by atoms with Crippen LogP contribution in [0.3, 0.4) is 0 Å². The van der Waals surface area contributed by atoms with E-state index in [1.165, 1.54) is 5.56 Å². The van der Waals surface area contributed by atoms with Gasteiger partial charge in [0.15, 0.2) is 0 Å². The first-order valence-corrected chi connectivity index (χ1v) is 4.34. The maximum absolute atomic E-state index is 10.3. The lowest BCUT2D eigenvalue weighted by Gasteiger charge is -1.95. The Kier molecular flexibility index (Phi) is 3.89. The number of hydrogen-bond acceptors (Lipinski definition) is 2. The number of rotatable bonds is 4. The van der Waals surface area contributed by atoms with E-state index in [9.17, 15) is 4.79 Å². The summed E-state index contributed by atoms with van der Waals surface area (Å²) < 4.78 is 0. The molecule has 2 nitrogen and oxygen atoms in total. The molecule has 1 rings (SSSR count). The lowest BCUT2D eigenvalue weighted by atomic mass is 10.1. The fourth-order valence-electron chi connectivity index (χ4n) is 1.06. The van der Waals surface area contributed by atoms with Crippen molar-refractivity contribution in [2.24, 2.45) is 0 Å². The van der Waals surface area contributed by atoms with E-state index in [0.29, 0.717) is 0 Å². The Morgan fingerprint density at radius 1 is 1.62 bits per heavy atom. The maximum atomic E-state index is 10.3. The van der Waals surface area contributed by atoms with Gasteiger partial charge in [0.05, 0.1) is 0 Å². The van der Waals surface area contributed by atoms with Gasteiger partial charge in [0.1, 0.15) is 6.29 Å². The predicted molar refractivity (Wildman–Crippen MR) is 52.4 cm³/mol. The predicted octanol–water partition coefficient (Wildman–Crippen LogP) is 2.16. The van der Waals surface area contributed by atoms with Crippen molar-refractivity contribution in [2.45, 2.75) is 19.8 Å². The monoisotopic (exact) mass is 175 g/mol. The van der Waals surface area contributed by atoms with E-state index in [4.69, 9.17) is 0 Å². The first-order chi connectivity index (χ1) is 6.33. The first kappa shape index (κ1) is 9.65. The van der Waals surface area contributed by atoms with Gasteiger partial charge in [-0.2, -0.15) is 0 Å². The Morgan fingerprint density at radius 3 is 3.08 bits per heavy atom. The van der Waals surface area contributed by atoms with Crippen molar-refractivity contribution in [2.75, 3.05) is 0 Å². The van der Waals surface area contributed by atoms with Crippen molar-refractivity contribution >= 4 is 6.29 Å². The molecule has 0 radical (unpaired) electrons. The minimum atomic E-state index is 0.795. The van der Waals surface area contributed by atoms with Crippen LogP contribution in [0.5, 0.6) is 0 Å². The molecule has 0 saturated carbocycles. The Morgan fingerprint density at radius 2 is 2.46 bits per heavy atom. The second-order valence-electron chi connectivity index (χ2n) is 2.97. The van der Waals surface area contributed by atoms with Crippen molar-refractivity contribution in [3.05, 3.63) is 41.7 Å². The maximum Gasteiger partial charge on any atom is 0.145 e. The van der Waals surface area contributed by atoms with Crippen LogP contribution in [0.1, 0.15) is 18.9 Å². The third-order valence-corrected chi connectivity index (χ3v) is 1.81. The topological polar surface area (TPSA) is 30.0 Å². The standard InChI is InChI=1S/C11H13NO/c1-10(9-13)4-2-5-11-6-3-7-12-8-11/h3-4,6-9H,2,5H2,1H3/b10-4+. The molecule has 1 heterocycles.